The first-order valence-corrected chi connectivity index (χ1v) is 7.03. The lowest BCUT2D eigenvalue weighted by atomic mass is 9.82. The number of carboxylic acids is 1. The van der Waals surface area contributed by atoms with E-state index in [0.29, 0.717) is 12.0 Å². The summed E-state index contributed by atoms with van der Waals surface area (Å²) in [6.07, 6.45) is 7.31. The van der Waals surface area contributed by atoms with E-state index in [4.69, 9.17) is 5.11 Å². The number of aromatic nitrogens is 1. The molecule has 1 unspecified atom stereocenters. The molecule has 1 aliphatic rings. The SMILES string of the molecule is CC(NCC1CCC(C(=O)O)CC1)c1ccncc1. The highest BCUT2D eigenvalue weighted by molar-refractivity contribution is 5.69. The molecule has 19 heavy (non-hydrogen) atoms. The van der Waals surface area contributed by atoms with Crippen molar-refractivity contribution in [1.29, 1.82) is 0 Å². The molecule has 0 amide bonds. The molecule has 0 saturated heterocycles. The number of hydrogen-bond donors (Lipinski definition) is 2. The maximum absolute atomic E-state index is 10.9. The Morgan fingerprint density at radius 1 is 1.37 bits per heavy atom. The van der Waals surface area contributed by atoms with Crippen LogP contribution in [-0.2, 0) is 4.79 Å². The summed E-state index contributed by atoms with van der Waals surface area (Å²) in [5.74, 6) is -0.134. The van der Waals surface area contributed by atoms with E-state index in [0.717, 1.165) is 32.2 Å². The fraction of sp³-hybridized carbons (Fsp3) is 0.600. The Bertz CT molecular complexity index is 400. The molecule has 2 rings (SSSR count). The molecule has 0 aromatic carbocycles. The summed E-state index contributed by atoms with van der Waals surface area (Å²) >= 11 is 0. The van der Waals surface area contributed by atoms with E-state index in [1.54, 1.807) is 0 Å². The van der Waals surface area contributed by atoms with E-state index in [1.807, 2.05) is 24.5 Å². The summed E-state index contributed by atoms with van der Waals surface area (Å²) in [6.45, 7) is 3.12. The number of carbonyl (C=O) groups is 1. The van der Waals surface area contributed by atoms with Crippen molar-refractivity contribution in [2.45, 2.75) is 38.6 Å². The molecular formula is C15H22N2O2. The molecule has 1 saturated carbocycles. The van der Waals surface area contributed by atoms with Gasteiger partial charge in [-0.3, -0.25) is 9.78 Å². The lowest BCUT2D eigenvalue weighted by Gasteiger charge is -2.27. The topological polar surface area (TPSA) is 62.2 Å². The Balaban J connectivity index is 1.73. The van der Waals surface area contributed by atoms with Crippen LogP contribution in [0.15, 0.2) is 24.5 Å². The van der Waals surface area contributed by atoms with Gasteiger partial charge in [-0.1, -0.05) is 0 Å². The van der Waals surface area contributed by atoms with Gasteiger partial charge in [-0.25, -0.2) is 0 Å². The Labute approximate surface area is 114 Å². The normalized spacial score (nSPS) is 24.9. The molecule has 1 aromatic heterocycles. The highest BCUT2D eigenvalue weighted by Crippen LogP contribution is 2.28. The summed E-state index contributed by atoms with van der Waals surface area (Å²) < 4.78 is 0. The van der Waals surface area contributed by atoms with E-state index < -0.39 is 5.97 Å². The van der Waals surface area contributed by atoms with Crippen molar-refractivity contribution in [2.75, 3.05) is 6.54 Å². The molecule has 4 heteroatoms. The first kappa shape index (κ1) is 14.0. The van der Waals surface area contributed by atoms with Crippen LogP contribution in [0.25, 0.3) is 0 Å². The van der Waals surface area contributed by atoms with Crippen LogP contribution in [0.3, 0.4) is 0 Å². The zero-order valence-corrected chi connectivity index (χ0v) is 11.4. The van der Waals surface area contributed by atoms with Crippen LogP contribution >= 0.6 is 0 Å². The zero-order chi connectivity index (χ0) is 13.7. The summed E-state index contributed by atoms with van der Waals surface area (Å²) in [5.41, 5.74) is 1.24. The summed E-state index contributed by atoms with van der Waals surface area (Å²) in [5, 5.41) is 12.5. The molecule has 2 N–H and O–H groups in total. The minimum atomic E-state index is -0.628. The summed E-state index contributed by atoms with van der Waals surface area (Å²) in [4.78, 5) is 14.9. The van der Waals surface area contributed by atoms with Crippen molar-refractivity contribution >= 4 is 5.97 Å². The third-order valence-electron chi connectivity index (χ3n) is 4.11. The molecule has 0 aliphatic heterocycles. The third-order valence-corrected chi connectivity index (χ3v) is 4.11. The Morgan fingerprint density at radius 3 is 2.58 bits per heavy atom. The van der Waals surface area contributed by atoms with Crippen LogP contribution in [0.2, 0.25) is 0 Å². The van der Waals surface area contributed by atoms with Crippen LogP contribution in [0.1, 0.15) is 44.2 Å². The van der Waals surface area contributed by atoms with E-state index in [2.05, 4.69) is 17.2 Å². The highest BCUT2D eigenvalue weighted by atomic mass is 16.4. The van der Waals surface area contributed by atoms with Gasteiger partial charge in [0.25, 0.3) is 0 Å². The van der Waals surface area contributed by atoms with Crippen LogP contribution in [0, 0.1) is 11.8 Å². The molecule has 1 atom stereocenters. The van der Waals surface area contributed by atoms with Crippen LogP contribution in [0.4, 0.5) is 0 Å². The first-order valence-electron chi connectivity index (χ1n) is 7.03. The first-order chi connectivity index (χ1) is 9.16. The Morgan fingerprint density at radius 2 is 2.00 bits per heavy atom. The molecule has 104 valence electrons. The van der Waals surface area contributed by atoms with Crippen molar-refractivity contribution < 1.29 is 9.90 Å². The van der Waals surface area contributed by atoms with Crippen molar-refractivity contribution in [3.05, 3.63) is 30.1 Å². The van der Waals surface area contributed by atoms with Gasteiger partial charge >= 0.3 is 5.97 Å². The number of hydrogen-bond acceptors (Lipinski definition) is 3. The fourth-order valence-corrected chi connectivity index (χ4v) is 2.73. The largest absolute Gasteiger partial charge is 0.481 e. The summed E-state index contributed by atoms with van der Waals surface area (Å²) in [7, 11) is 0. The average Bonchev–Trinajstić information content (AvgIpc) is 2.46. The minimum Gasteiger partial charge on any atom is -0.481 e. The van der Waals surface area contributed by atoms with Gasteiger partial charge in [0.1, 0.15) is 0 Å². The maximum atomic E-state index is 10.9. The van der Waals surface area contributed by atoms with E-state index in [9.17, 15) is 4.79 Å². The molecule has 1 fully saturated rings. The van der Waals surface area contributed by atoms with Crippen molar-refractivity contribution in [2.24, 2.45) is 11.8 Å². The zero-order valence-electron chi connectivity index (χ0n) is 11.4. The number of nitrogens with one attached hydrogen (secondary N) is 1. The van der Waals surface area contributed by atoms with Crippen LogP contribution < -0.4 is 5.32 Å². The standard InChI is InChI=1S/C15H22N2O2/c1-11(13-6-8-16-9-7-13)17-10-12-2-4-14(5-3-12)15(18)19/h6-9,11-12,14,17H,2-5,10H2,1H3,(H,18,19). The third kappa shape index (κ3) is 4.03. The monoisotopic (exact) mass is 262 g/mol. The van der Waals surface area contributed by atoms with E-state index >= 15 is 0 Å². The van der Waals surface area contributed by atoms with Crippen LogP contribution in [0.5, 0.6) is 0 Å². The molecular weight excluding hydrogens is 240 g/mol. The Kier molecular flexibility index (Phi) is 4.91. The molecule has 0 radical (unpaired) electrons. The van der Waals surface area contributed by atoms with Crippen molar-refractivity contribution in [3.63, 3.8) is 0 Å². The van der Waals surface area contributed by atoms with Gasteiger partial charge in [0, 0.05) is 18.4 Å². The number of rotatable bonds is 5. The van der Waals surface area contributed by atoms with Gasteiger partial charge in [-0.05, 0) is 62.8 Å². The van der Waals surface area contributed by atoms with E-state index in [1.165, 1.54) is 5.56 Å². The Hall–Kier alpha value is -1.42. The highest BCUT2D eigenvalue weighted by Gasteiger charge is 2.25. The van der Waals surface area contributed by atoms with E-state index in [-0.39, 0.29) is 5.92 Å². The molecule has 1 aromatic rings. The van der Waals surface area contributed by atoms with Gasteiger partial charge in [-0.15, -0.1) is 0 Å². The van der Waals surface area contributed by atoms with Gasteiger partial charge in [-0.2, -0.15) is 0 Å². The van der Waals surface area contributed by atoms with Gasteiger partial charge < -0.3 is 10.4 Å². The van der Waals surface area contributed by atoms with Crippen molar-refractivity contribution in [1.82, 2.24) is 10.3 Å². The maximum Gasteiger partial charge on any atom is 0.306 e. The number of carboxylic acid groups (broad SMARTS) is 1. The quantitative estimate of drug-likeness (QED) is 0.856. The van der Waals surface area contributed by atoms with Crippen LogP contribution in [-0.4, -0.2) is 22.6 Å². The second kappa shape index (κ2) is 6.66. The number of pyridine rings is 1. The molecule has 0 spiro atoms. The predicted molar refractivity (Wildman–Crippen MR) is 73.7 cm³/mol. The lowest BCUT2D eigenvalue weighted by Crippen LogP contribution is -2.30. The van der Waals surface area contributed by atoms with Gasteiger partial charge in [0.05, 0.1) is 5.92 Å². The molecule has 1 aliphatic carbocycles. The number of aliphatic carboxylic acids is 1. The molecule has 0 bridgehead atoms. The number of nitrogens with zero attached hydrogens (tertiary/aromatic N) is 1. The van der Waals surface area contributed by atoms with Gasteiger partial charge in [0.2, 0.25) is 0 Å². The fourth-order valence-electron chi connectivity index (χ4n) is 2.73. The molecule has 1 heterocycles. The smallest absolute Gasteiger partial charge is 0.306 e. The lowest BCUT2D eigenvalue weighted by molar-refractivity contribution is -0.143. The average molecular weight is 262 g/mol. The van der Waals surface area contributed by atoms with Gasteiger partial charge in [0.15, 0.2) is 0 Å². The summed E-state index contributed by atoms with van der Waals surface area (Å²) in [6, 6.07) is 4.37. The second-order valence-electron chi connectivity index (χ2n) is 5.47. The second-order valence-corrected chi connectivity index (χ2v) is 5.47. The minimum absolute atomic E-state index is 0.117. The molecule has 4 nitrogen and oxygen atoms in total. The van der Waals surface area contributed by atoms with Crippen molar-refractivity contribution in [3.8, 4) is 0 Å². The predicted octanol–water partition coefficient (Wildman–Crippen LogP) is 2.62.